The van der Waals surface area contributed by atoms with Crippen LogP contribution in [0.25, 0.3) is 0 Å². The van der Waals surface area contributed by atoms with Gasteiger partial charge in [0.15, 0.2) is 5.78 Å². The fourth-order valence-corrected chi connectivity index (χ4v) is 8.60. The number of fused-ring (bicyclic) bond motifs is 5. The summed E-state index contributed by atoms with van der Waals surface area (Å²) in [5.41, 5.74) is -3.80. The Morgan fingerprint density at radius 3 is 2.39 bits per heavy atom. The molecule has 0 heterocycles. The van der Waals surface area contributed by atoms with Crippen LogP contribution in [0, 0.1) is 28.6 Å². The van der Waals surface area contributed by atoms with E-state index in [4.69, 9.17) is 4.74 Å². The lowest BCUT2D eigenvalue weighted by molar-refractivity contribution is -0.174. The molecule has 0 amide bonds. The molecule has 4 aliphatic rings. The minimum absolute atomic E-state index is 0.00120. The Morgan fingerprint density at radius 1 is 1.11 bits per heavy atom. The molecular formula is C29H46O7. The Hall–Kier alpha value is -1.28. The number of esters is 1. The summed E-state index contributed by atoms with van der Waals surface area (Å²) in [6, 6.07) is 0. The first-order valence-electron chi connectivity index (χ1n) is 13.7. The molecule has 0 unspecified atom stereocenters. The maximum Gasteiger partial charge on any atom is 0.302 e. The first-order chi connectivity index (χ1) is 16.5. The van der Waals surface area contributed by atoms with Gasteiger partial charge in [-0.2, -0.15) is 0 Å². The van der Waals surface area contributed by atoms with Crippen molar-refractivity contribution in [1.29, 1.82) is 0 Å². The van der Waals surface area contributed by atoms with Crippen molar-refractivity contribution in [1.82, 2.24) is 0 Å². The van der Waals surface area contributed by atoms with Crippen LogP contribution in [0.3, 0.4) is 0 Å². The molecule has 0 saturated heterocycles. The monoisotopic (exact) mass is 506 g/mol. The van der Waals surface area contributed by atoms with Crippen LogP contribution in [-0.4, -0.2) is 61.2 Å². The summed E-state index contributed by atoms with van der Waals surface area (Å²) in [6.45, 7) is 10.6. The van der Waals surface area contributed by atoms with E-state index in [0.29, 0.717) is 38.5 Å². The van der Waals surface area contributed by atoms with Gasteiger partial charge < -0.3 is 25.2 Å². The van der Waals surface area contributed by atoms with Crippen molar-refractivity contribution in [3.8, 4) is 0 Å². The van der Waals surface area contributed by atoms with Crippen LogP contribution in [0.5, 0.6) is 0 Å². The Bertz CT molecular complexity index is 932. The molecule has 4 rings (SSSR count). The van der Waals surface area contributed by atoms with Crippen LogP contribution in [0.4, 0.5) is 0 Å². The summed E-state index contributed by atoms with van der Waals surface area (Å²) in [6.07, 6.45) is 5.48. The molecule has 0 spiro atoms. The fraction of sp³-hybridized carbons (Fsp3) is 0.862. The van der Waals surface area contributed by atoms with Crippen LogP contribution in [-0.2, 0) is 14.3 Å². The quantitative estimate of drug-likeness (QED) is 0.407. The molecule has 204 valence electrons. The summed E-state index contributed by atoms with van der Waals surface area (Å²) in [5.74, 6) is -0.853. The van der Waals surface area contributed by atoms with Gasteiger partial charge in [0.2, 0.25) is 0 Å². The molecule has 9 atom stereocenters. The lowest BCUT2D eigenvalue weighted by Crippen LogP contribution is -2.62. The Kier molecular flexibility index (Phi) is 6.85. The molecule has 4 aliphatic carbocycles. The molecule has 0 aromatic rings. The summed E-state index contributed by atoms with van der Waals surface area (Å²) in [5, 5.41) is 45.0. The minimum Gasteiger partial charge on any atom is -0.463 e. The number of hydrogen-bond acceptors (Lipinski definition) is 7. The molecule has 0 radical (unpaired) electrons. The van der Waals surface area contributed by atoms with Crippen molar-refractivity contribution in [2.45, 2.75) is 128 Å². The summed E-state index contributed by atoms with van der Waals surface area (Å²) in [4.78, 5) is 25.0. The van der Waals surface area contributed by atoms with E-state index in [1.807, 2.05) is 6.92 Å². The van der Waals surface area contributed by atoms with Crippen molar-refractivity contribution in [2.75, 3.05) is 0 Å². The SMILES string of the molecule is CC(=O)O[C@H]1CC[C@@]2(C)[C@@H](C1)C(=O)C=C1[C@@H]2CC[C@]2(C)[C@@H]([C@@](C)(O)[C@H](O)CCC(C)(C)O)CC[C@@]12O. The zero-order valence-electron chi connectivity index (χ0n) is 22.8. The smallest absolute Gasteiger partial charge is 0.302 e. The molecule has 7 nitrogen and oxygen atoms in total. The Morgan fingerprint density at radius 2 is 1.78 bits per heavy atom. The van der Waals surface area contributed by atoms with Gasteiger partial charge in [-0.3, -0.25) is 9.59 Å². The topological polar surface area (TPSA) is 124 Å². The molecule has 0 aliphatic heterocycles. The van der Waals surface area contributed by atoms with Crippen molar-refractivity contribution < 1.29 is 34.8 Å². The minimum atomic E-state index is -1.44. The highest BCUT2D eigenvalue weighted by atomic mass is 16.5. The van der Waals surface area contributed by atoms with Gasteiger partial charge in [-0.05, 0) is 107 Å². The molecule has 7 heteroatoms. The Labute approximate surface area is 215 Å². The van der Waals surface area contributed by atoms with Gasteiger partial charge >= 0.3 is 5.97 Å². The number of aliphatic hydroxyl groups is 4. The van der Waals surface area contributed by atoms with Gasteiger partial charge in [-0.25, -0.2) is 0 Å². The van der Waals surface area contributed by atoms with Crippen molar-refractivity contribution in [2.24, 2.45) is 28.6 Å². The largest absolute Gasteiger partial charge is 0.463 e. The highest BCUT2D eigenvalue weighted by molar-refractivity contribution is 5.95. The maximum atomic E-state index is 13.5. The second-order valence-corrected chi connectivity index (χ2v) is 13.6. The molecule has 0 aromatic heterocycles. The van der Waals surface area contributed by atoms with E-state index < -0.39 is 28.3 Å². The third kappa shape index (κ3) is 4.28. The highest BCUT2D eigenvalue weighted by Crippen LogP contribution is 2.68. The standard InChI is InChI=1S/C29H46O7/c1-17(30)36-18-7-12-26(4)19-8-13-27(5)23(28(6,34)24(32)10-11-25(2,3)33)9-14-29(27,35)20(19)16-22(31)21(26)15-18/h16,18-19,21,23-24,32-35H,7-15H2,1-6H3/t18-,19-,21-,23-,24+,26+,27+,28+,29+/m0/s1. The number of rotatable bonds is 6. The molecule has 3 saturated carbocycles. The van der Waals surface area contributed by atoms with Crippen molar-refractivity contribution in [3.63, 3.8) is 0 Å². The average Bonchev–Trinajstić information content (AvgIpc) is 3.04. The van der Waals surface area contributed by atoms with E-state index in [-0.39, 0.29) is 47.4 Å². The van der Waals surface area contributed by atoms with Gasteiger partial charge in [0, 0.05) is 18.3 Å². The van der Waals surface area contributed by atoms with Gasteiger partial charge in [0.05, 0.1) is 22.9 Å². The molecule has 36 heavy (non-hydrogen) atoms. The van der Waals surface area contributed by atoms with Crippen molar-refractivity contribution >= 4 is 11.8 Å². The van der Waals surface area contributed by atoms with Crippen LogP contribution in [0.2, 0.25) is 0 Å². The van der Waals surface area contributed by atoms with E-state index in [0.717, 1.165) is 18.4 Å². The second kappa shape index (κ2) is 8.89. The van der Waals surface area contributed by atoms with Gasteiger partial charge in [-0.1, -0.05) is 13.8 Å². The Balaban J connectivity index is 1.62. The first-order valence-corrected chi connectivity index (χ1v) is 13.7. The lowest BCUT2D eigenvalue weighted by Gasteiger charge is -2.60. The number of aliphatic hydroxyl groups excluding tert-OH is 1. The predicted molar refractivity (Wildman–Crippen MR) is 135 cm³/mol. The third-order valence-electron chi connectivity index (χ3n) is 10.8. The number of carbonyl (C=O) groups is 2. The number of hydrogen-bond donors (Lipinski definition) is 4. The van der Waals surface area contributed by atoms with E-state index in [2.05, 4.69) is 6.92 Å². The van der Waals surface area contributed by atoms with E-state index in [1.165, 1.54) is 6.92 Å². The normalized spacial score (nSPS) is 42.9. The van der Waals surface area contributed by atoms with E-state index >= 15 is 0 Å². The molecule has 0 bridgehead atoms. The number of ketones is 1. The van der Waals surface area contributed by atoms with Crippen LogP contribution in [0.1, 0.15) is 99.3 Å². The van der Waals surface area contributed by atoms with Crippen LogP contribution < -0.4 is 0 Å². The predicted octanol–water partition coefficient (Wildman–Crippen LogP) is 3.45. The zero-order chi connectivity index (χ0) is 26.9. The summed E-state index contributed by atoms with van der Waals surface area (Å²) < 4.78 is 5.46. The van der Waals surface area contributed by atoms with Crippen LogP contribution >= 0.6 is 0 Å². The first kappa shape index (κ1) is 27.7. The highest BCUT2D eigenvalue weighted by Gasteiger charge is 2.68. The van der Waals surface area contributed by atoms with Crippen molar-refractivity contribution in [3.05, 3.63) is 11.6 Å². The van der Waals surface area contributed by atoms with E-state index in [9.17, 15) is 30.0 Å². The fourth-order valence-electron chi connectivity index (χ4n) is 8.60. The van der Waals surface area contributed by atoms with Gasteiger partial charge in [-0.15, -0.1) is 0 Å². The third-order valence-corrected chi connectivity index (χ3v) is 10.8. The maximum absolute atomic E-state index is 13.5. The molecular weight excluding hydrogens is 460 g/mol. The average molecular weight is 507 g/mol. The van der Waals surface area contributed by atoms with Gasteiger partial charge in [0.25, 0.3) is 0 Å². The molecule has 4 N–H and O–H groups in total. The second-order valence-electron chi connectivity index (χ2n) is 13.6. The number of ether oxygens (including phenoxy) is 1. The molecule has 0 aromatic carbocycles. The van der Waals surface area contributed by atoms with E-state index in [1.54, 1.807) is 26.8 Å². The lowest BCUT2D eigenvalue weighted by atomic mass is 9.46. The van der Waals surface area contributed by atoms with Crippen LogP contribution in [0.15, 0.2) is 11.6 Å². The summed E-state index contributed by atoms with van der Waals surface area (Å²) >= 11 is 0. The zero-order valence-corrected chi connectivity index (χ0v) is 22.8. The molecule has 3 fully saturated rings. The number of carbonyl (C=O) groups excluding carboxylic acids is 2. The van der Waals surface area contributed by atoms with Gasteiger partial charge in [0.1, 0.15) is 6.10 Å². The number of allylic oxidation sites excluding steroid dienone is 1. The summed E-state index contributed by atoms with van der Waals surface area (Å²) in [7, 11) is 0.